The van der Waals surface area contributed by atoms with Crippen molar-refractivity contribution < 1.29 is 113 Å². The maximum Gasteiger partial charge on any atom is 1.00 e. The average Bonchev–Trinajstić information content (AvgIpc) is 1.23. The Kier molecular flexibility index (Phi) is 68.7. The molecule has 9 aromatic rings. The molecule has 7 aromatic heterocycles. The number of carbonyl (C=O) groups is 4. The molecule has 0 spiro atoms. The fourth-order valence-electron chi connectivity index (χ4n) is 18.2. The van der Waals surface area contributed by atoms with E-state index < -0.39 is 42.6 Å². The van der Waals surface area contributed by atoms with Crippen LogP contribution in [0.2, 0.25) is 5.35 Å². The molecule has 3 radical (unpaired) electrons. The zero-order chi connectivity index (χ0) is 106. The van der Waals surface area contributed by atoms with Gasteiger partial charge in [0.2, 0.25) is 0 Å². The van der Waals surface area contributed by atoms with E-state index in [2.05, 4.69) is 83.7 Å². The van der Waals surface area contributed by atoms with Crippen molar-refractivity contribution >= 4 is 88.8 Å². The Balaban J connectivity index is 0.000000425. The summed E-state index contributed by atoms with van der Waals surface area (Å²) in [6.07, 6.45) is 53.8. The minimum Gasteiger partial charge on any atom is -1.00 e. The first-order valence-electron chi connectivity index (χ1n) is 53.4. The van der Waals surface area contributed by atoms with E-state index in [9.17, 15) is 53.4 Å². The topological polar surface area (TPSA) is 355 Å². The summed E-state index contributed by atoms with van der Waals surface area (Å²) < 4.78 is 43.9. The SMILES string of the molecule is C1CCOC1.CCCCN.CCCCN=C1CCCCC1.CCCCn1c2c(cc(C)c1=O)CCCC2.CCCCn1c2c(cc(C=O)c1=O)CCCC2.CCCCn1c2c(cc(CO)c1=O)CCCC2.CCCCn1c2c(cc(O)c1=O)CCCC2.CCCCn1c2c(cc(Oc3nc4ccccc4o3)c1=O)CCCC2.COC=C(C(=O)OC)C(=O)OC.Clc1nc2ccccc2o1.O=C1CCCCC1.[B].[Cl][Ce]([Cl])[Cl].[H-].[Li+]. The van der Waals surface area contributed by atoms with Crippen molar-refractivity contribution in [3.63, 3.8) is 0 Å². The second kappa shape index (κ2) is 76.8. The fraction of sp³-hybridized carbons (Fsp3) is 0.593. The minimum absolute atomic E-state index is 0. The van der Waals surface area contributed by atoms with Gasteiger partial charge in [-0.3, -0.25) is 38.6 Å². The molecule has 0 atom stereocenters. The maximum absolute atomic E-state index is 12.9. The molecule has 34 heteroatoms. The number of fused-ring (bicyclic) bond motifs is 7. The third-order valence-corrected chi connectivity index (χ3v) is 26.2. The number of ketones is 1. The number of aliphatic hydroxyl groups is 1. The summed E-state index contributed by atoms with van der Waals surface area (Å²) in [6, 6.07) is 24.3. The molecule has 17 rings (SSSR count). The number of hydrogen-bond acceptors (Lipinski definition) is 22. The second-order valence-corrected chi connectivity index (χ2v) is 51.4. The van der Waals surface area contributed by atoms with Crippen LogP contribution in [0, 0.1) is 37.6 Å². The van der Waals surface area contributed by atoms with E-state index >= 15 is 0 Å². The number of esters is 2. The summed E-state index contributed by atoms with van der Waals surface area (Å²) in [6.45, 7) is 24.7. The Morgan fingerprint density at radius 1 is 0.476 bits per heavy atom. The van der Waals surface area contributed by atoms with Crippen LogP contribution in [0.15, 0.2) is 128 Å². The number of aliphatic imine (C=N–C) groups is 1. The summed E-state index contributed by atoms with van der Waals surface area (Å²) in [7, 11) is 3.63. The number of aromatic nitrogens is 7. The molecule has 1 aliphatic heterocycles. The molecule has 7 aliphatic carbocycles. The van der Waals surface area contributed by atoms with E-state index in [1.54, 1.807) is 16.7 Å². The van der Waals surface area contributed by atoms with Crippen LogP contribution in [0.25, 0.3) is 22.2 Å². The number of Topliss-reactive ketones (excluding diaryl/α,β-unsaturated/α-hetero) is 1. The summed E-state index contributed by atoms with van der Waals surface area (Å²) >= 11 is 3.26. The monoisotopic (exact) mass is 2230 g/mol. The van der Waals surface area contributed by atoms with Gasteiger partial charge in [-0.05, 0) is 332 Å². The third kappa shape index (κ3) is 46.0. The number of pyridine rings is 5. The van der Waals surface area contributed by atoms with Crippen molar-refractivity contribution in [3.8, 4) is 17.6 Å². The van der Waals surface area contributed by atoms with Gasteiger partial charge in [0.05, 0.1) is 33.5 Å². The second-order valence-electron chi connectivity index (χ2n) is 37.2. The van der Waals surface area contributed by atoms with Crippen LogP contribution in [0.3, 0.4) is 0 Å². The molecule has 2 saturated carbocycles. The molecule has 2 aromatic carbocycles. The predicted molar refractivity (Wildman–Crippen MR) is 588 cm³/mol. The first-order chi connectivity index (χ1) is 70.3. The number of ether oxygens (including phenoxy) is 5. The summed E-state index contributed by atoms with van der Waals surface area (Å²) in [4.78, 5) is 117. The number of carbonyl (C=O) groups excluding carboxylic acids is 4. The van der Waals surface area contributed by atoms with E-state index in [0.29, 0.717) is 34.5 Å². The van der Waals surface area contributed by atoms with Gasteiger partial charge < -0.3 is 72.7 Å². The van der Waals surface area contributed by atoms with Crippen LogP contribution in [-0.2, 0) is 137 Å². The number of hydrogen-bond donors (Lipinski definition) is 3. The largest absolute Gasteiger partial charge is 1.00 e. The molecule has 8 heterocycles. The molecule has 8 aliphatic rings. The van der Waals surface area contributed by atoms with Crippen molar-refractivity contribution in [3.05, 3.63) is 221 Å². The molecule has 3 fully saturated rings. The summed E-state index contributed by atoms with van der Waals surface area (Å²) in [5.74, 6) is -0.890. The van der Waals surface area contributed by atoms with Crippen LogP contribution in [0.5, 0.6) is 17.6 Å². The Hall–Kier alpha value is -7.70. The van der Waals surface area contributed by atoms with Gasteiger partial charge in [-0.1, -0.05) is 131 Å². The van der Waals surface area contributed by atoms with Crippen LogP contribution in [0.4, 0.5) is 0 Å². The molecule has 806 valence electrons. The van der Waals surface area contributed by atoms with Gasteiger partial charge in [-0.15, -0.1) is 0 Å². The van der Waals surface area contributed by atoms with Gasteiger partial charge in [-0.2, -0.15) is 9.97 Å². The van der Waals surface area contributed by atoms with Gasteiger partial charge in [0, 0.05) is 119 Å². The van der Waals surface area contributed by atoms with Crippen molar-refractivity contribution in [2.75, 3.05) is 47.6 Å². The zero-order valence-electron chi connectivity index (χ0n) is 90.9. The van der Waals surface area contributed by atoms with E-state index in [1.165, 1.54) is 173 Å². The van der Waals surface area contributed by atoms with Crippen molar-refractivity contribution in [2.24, 2.45) is 10.7 Å². The molecular formula is C113H165BCeCl4LiN9O18. The number of nitrogens with two attached hydrogens (primary N) is 1. The van der Waals surface area contributed by atoms with Gasteiger partial charge >= 0.3 is 84.4 Å². The predicted octanol–water partition coefficient (Wildman–Crippen LogP) is 21.3. The molecule has 147 heavy (non-hydrogen) atoms. The molecule has 0 bridgehead atoms. The number of para-hydroxylation sites is 4. The van der Waals surface area contributed by atoms with E-state index in [1.807, 2.05) is 85.9 Å². The summed E-state index contributed by atoms with van der Waals surface area (Å²) in [5, 5.41) is 19.1. The Labute approximate surface area is 913 Å². The number of halogens is 4. The zero-order valence-corrected chi connectivity index (χ0v) is 96.1. The summed E-state index contributed by atoms with van der Waals surface area (Å²) in [5.41, 5.74) is 38.3. The van der Waals surface area contributed by atoms with E-state index in [0.717, 1.165) is 294 Å². The van der Waals surface area contributed by atoms with Crippen LogP contribution >= 0.6 is 28.5 Å². The number of oxazole rings is 2. The van der Waals surface area contributed by atoms with E-state index in [-0.39, 0.29) is 85.9 Å². The first-order valence-corrected chi connectivity index (χ1v) is 65.6. The van der Waals surface area contributed by atoms with E-state index in [4.69, 9.17) is 52.5 Å². The molecule has 4 N–H and O–H groups in total. The number of methoxy groups -OCH3 is 3. The number of rotatable bonds is 27. The van der Waals surface area contributed by atoms with Crippen LogP contribution < -0.4 is 57.1 Å². The normalized spacial score (nSPS) is 14.1. The average molecular weight is 2240 g/mol. The minimum atomic E-state index is -2.24. The Morgan fingerprint density at radius 2 is 0.857 bits per heavy atom. The van der Waals surface area contributed by atoms with Crippen molar-refractivity contribution in [1.29, 1.82) is 0 Å². The quantitative estimate of drug-likeness (QED) is 0.00629. The van der Waals surface area contributed by atoms with Gasteiger partial charge in [0.25, 0.3) is 33.1 Å². The molecular weight excluding hydrogens is 2070 g/mol. The van der Waals surface area contributed by atoms with Crippen molar-refractivity contribution in [2.45, 2.75) is 390 Å². The van der Waals surface area contributed by atoms with Crippen molar-refractivity contribution in [1.82, 2.24) is 32.8 Å². The van der Waals surface area contributed by atoms with Gasteiger partial charge in [-0.25, -0.2) is 9.59 Å². The Morgan fingerprint density at radius 3 is 1.24 bits per heavy atom. The van der Waals surface area contributed by atoms with Gasteiger partial charge in [0.15, 0.2) is 34.5 Å². The fourth-order valence-corrected chi connectivity index (χ4v) is 18.3. The Bertz CT molecular complexity index is 5600. The maximum atomic E-state index is 12.9. The first kappa shape index (κ1) is 132. The number of aldehydes is 1. The molecule has 0 amide bonds. The number of nitrogens with zero attached hydrogens (tertiary/aromatic N) is 8. The van der Waals surface area contributed by atoms with Gasteiger partial charge in [0.1, 0.15) is 23.1 Å². The molecule has 1 saturated heterocycles. The number of aliphatic hydroxyl groups excluding tert-OH is 1. The third-order valence-electron chi connectivity index (χ3n) is 26.1. The molecule has 0 unspecified atom stereocenters. The van der Waals surface area contributed by atoms with Crippen LogP contribution in [-0.4, -0.2) is 129 Å². The molecule has 27 nitrogen and oxygen atoms in total. The number of aryl methyl sites for hydroxylation is 6. The number of unbranched alkanes of at least 4 members (excludes halogenated alkanes) is 7. The van der Waals surface area contributed by atoms with Crippen LogP contribution in [0.1, 0.15) is 359 Å². The number of benzene rings is 2. The smallest absolute Gasteiger partial charge is 1.00 e. The standard InChI is InChI=1S/C20H22N2O3.C14H21NO2.C14H19NO2.C14H21NO.C13H19NO2.C10H19N.C7H4ClNO.C7H10O5.C6H10O.C4H11N.C4H8O.B.Ce.3ClH.Li.H/c1-2-3-12-22-16-10-6-4-8-14(16)13-18(19(22)23)25-20-21-15-9-5-7-11-17(15)24-20;2*1-2-3-8-15-13-7-5-4-6-11(13)9-12(10-16)14(15)17;1-3-4-9-15-13-8-6-5-7-12(13)10-11(2)14(15)16;1-2-3-8-14-11-7-5-4-6-10(11)9-12(15)13(14)16;1-2-3-9-11-10-7-5-4-6-8-10;8-7-9-5-3-1-2-4-6(5)10-7;1-10-4-5(6(8)11-2)7(9)12-3;7-6-4-2-1-3-5-6;1-2-3-4-5;1-2-4-5-3-1;;;;;;;/h5,7,9,11,13H,2-4,6,8,10,12H2,1H3;9,16H,2-8,10H2,1H3;9-10H,2-8H2,1H3;10H,3-9H2,1-2H3;9,15H,2-8H2,1H3;2-9H2,1H3;1-4H;4H,1-3H3;1-5H2;2-5H2,1H3;1-4H2;;;3*1H;;/q;;;;;;;;;;;;+3;;;;+1;-1/p-3. The number of aromatic hydroxyl groups is 1.